The molecule has 2 aromatic carbocycles. The van der Waals surface area contributed by atoms with Crippen LogP contribution >= 0.6 is 0 Å². The second-order valence-electron chi connectivity index (χ2n) is 6.66. The van der Waals surface area contributed by atoms with Gasteiger partial charge in [-0.1, -0.05) is 42.5 Å². The molecule has 0 spiro atoms. The molecule has 0 fully saturated rings. The molecule has 4 bridgehead atoms. The first-order chi connectivity index (χ1) is 11.7. The summed E-state index contributed by atoms with van der Waals surface area (Å²) in [7, 11) is 0. The third kappa shape index (κ3) is 4.41. The fourth-order valence-corrected chi connectivity index (χ4v) is 3.31. The second-order valence-corrected chi connectivity index (χ2v) is 6.66. The molecule has 3 rings (SSSR count). The van der Waals surface area contributed by atoms with Crippen LogP contribution in [-0.2, 0) is 11.2 Å². The molecule has 0 amide bonds. The fourth-order valence-electron chi connectivity index (χ4n) is 3.31. The minimum Gasteiger partial charge on any atom is -0.300 e. The Kier molecular flexibility index (Phi) is 5.58. The van der Waals surface area contributed by atoms with Crippen molar-refractivity contribution in [1.29, 1.82) is 0 Å². The number of benzene rings is 2. The lowest BCUT2D eigenvalue weighted by Crippen LogP contribution is -2.02. The van der Waals surface area contributed by atoms with E-state index >= 15 is 0 Å². The molecular formula is C22H24O2. The predicted molar refractivity (Wildman–Crippen MR) is 97.2 cm³/mol. The minimum absolute atomic E-state index is 0.174. The van der Waals surface area contributed by atoms with E-state index in [9.17, 15) is 9.59 Å². The Morgan fingerprint density at radius 3 is 1.96 bits per heavy atom. The normalized spacial score (nSPS) is 16.8. The van der Waals surface area contributed by atoms with Gasteiger partial charge in [-0.05, 0) is 54.9 Å². The smallest absolute Gasteiger partial charge is 0.162 e. The molecule has 0 radical (unpaired) electrons. The van der Waals surface area contributed by atoms with Crippen molar-refractivity contribution >= 4 is 11.6 Å². The van der Waals surface area contributed by atoms with Gasteiger partial charge in [-0.3, -0.25) is 9.59 Å². The van der Waals surface area contributed by atoms with Crippen LogP contribution in [0, 0.1) is 0 Å². The summed E-state index contributed by atoms with van der Waals surface area (Å²) in [5, 5.41) is 0. The monoisotopic (exact) mass is 320 g/mol. The van der Waals surface area contributed by atoms with Gasteiger partial charge >= 0.3 is 0 Å². The first-order valence-electron chi connectivity index (χ1n) is 8.97. The summed E-state index contributed by atoms with van der Waals surface area (Å²) in [5.41, 5.74) is 4.33. The van der Waals surface area contributed by atoms with E-state index in [1.807, 2.05) is 18.2 Å². The maximum Gasteiger partial charge on any atom is 0.162 e. The summed E-state index contributed by atoms with van der Waals surface area (Å²) in [6.45, 7) is 0. The maximum atomic E-state index is 12.4. The Morgan fingerprint density at radius 2 is 1.17 bits per heavy atom. The van der Waals surface area contributed by atoms with E-state index in [1.165, 1.54) is 5.56 Å². The van der Waals surface area contributed by atoms with E-state index in [1.54, 1.807) is 0 Å². The molecule has 0 unspecified atom stereocenters. The van der Waals surface area contributed by atoms with E-state index in [-0.39, 0.29) is 5.78 Å². The number of carbonyl (C=O) groups is 2. The van der Waals surface area contributed by atoms with Crippen LogP contribution in [0.4, 0.5) is 0 Å². The zero-order chi connectivity index (χ0) is 16.8. The summed E-state index contributed by atoms with van der Waals surface area (Å²) in [6, 6.07) is 16.4. The first-order valence-corrected chi connectivity index (χ1v) is 8.97. The van der Waals surface area contributed by atoms with Crippen LogP contribution in [0.5, 0.6) is 0 Å². The maximum absolute atomic E-state index is 12.4. The van der Waals surface area contributed by atoms with Gasteiger partial charge in [-0.15, -0.1) is 0 Å². The van der Waals surface area contributed by atoms with Crippen LogP contribution in [0.2, 0.25) is 0 Å². The molecule has 2 heteroatoms. The SMILES string of the molecule is O=C1CCCCC(=O)c2cccc(c2)-c2cccc(c2)CCCC1. The first kappa shape index (κ1) is 16.6. The molecule has 0 aliphatic heterocycles. The molecule has 0 atom stereocenters. The van der Waals surface area contributed by atoms with E-state index < -0.39 is 0 Å². The number of carbonyl (C=O) groups excluding carboxylic acids is 2. The average molecular weight is 320 g/mol. The Labute approximate surface area is 143 Å². The molecule has 1 aliphatic rings. The van der Waals surface area contributed by atoms with Crippen molar-refractivity contribution in [2.45, 2.75) is 51.4 Å². The van der Waals surface area contributed by atoms with Gasteiger partial charge in [0.25, 0.3) is 0 Å². The van der Waals surface area contributed by atoms with E-state index in [0.717, 1.165) is 48.8 Å². The molecular weight excluding hydrogens is 296 g/mol. The standard InChI is InChI=1S/C22H24O2/c23-21-12-2-1-7-17-8-5-9-18(15-17)19-10-6-11-20(16-19)22(24)14-4-3-13-21/h5-6,8-11,15-16H,1-4,7,12-14H2. The molecule has 1 aliphatic carbocycles. The Hall–Kier alpha value is -2.22. The van der Waals surface area contributed by atoms with E-state index in [4.69, 9.17) is 0 Å². The molecule has 24 heavy (non-hydrogen) atoms. The third-order valence-corrected chi connectivity index (χ3v) is 4.73. The Morgan fingerprint density at radius 1 is 0.583 bits per heavy atom. The van der Waals surface area contributed by atoms with Crippen molar-refractivity contribution in [2.75, 3.05) is 0 Å². The average Bonchev–Trinajstić information content (AvgIpc) is 2.62. The zero-order valence-corrected chi connectivity index (χ0v) is 14.1. The Balaban J connectivity index is 1.88. The number of hydrogen-bond acceptors (Lipinski definition) is 2. The van der Waals surface area contributed by atoms with Crippen LogP contribution < -0.4 is 0 Å². The van der Waals surface area contributed by atoms with Crippen LogP contribution in [0.25, 0.3) is 11.1 Å². The quantitative estimate of drug-likeness (QED) is 0.652. The highest BCUT2D eigenvalue weighted by molar-refractivity contribution is 5.97. The van der Waals surface area contributed by atoms with Crippen LogP contribution in [0.1, 0.15) is 60.9 Å². The number of fused-ring (bicyclic) bond motifs is 5. The molecule has 2 aromatic rings. The summed E-state index contributed by atoms with van der Waals surface area (Å²) in [6.07, 6.45) is 6.44. The molecule has 0 N–H and O–H groups in total. The van der Waals surface area contributed by atoms with Gasteiger partial charge < -0.3 is 0 Å². The molecule has 124 valence electrons. The zero-order valence-electron chi connectivity index (χ0n) is 14.1. The van der Waals surface area contributed by atoms with Crippen molar-refractivity contribution in [1.82, 2.24) is 0 Å². The number of Topliss-reactive ketones (excluding diaryl/α,β-unsaturated/α-hetero) is 2. The topological polar surface area (TPSA) is 34.1 Å². The summed E-state index contributed by atoms with van der Waals surface area (Å²) < 4.78 is 0. The highest BCUT2D eigenvalue weighted by Gasteiger charge is 2.10. The largest absolute Gasteiger partial charge is 0.300 e. The van der Waals surface area contributed by atoms with Crippen molar-refractivity contribution in [2.24, 2.45) is 0 Å². The lowest BCUT2D eigenvalue weighted by atomic mass is 9.95. The third-order valence-electron chi connectivity index (χ3n) is 4.73. The summed E-state index contributed by atoms with van der Waals surface area (Å²) in [5.74, 6) is 0.512. The molecule has 0 saturated heterocycles. The second kappa shape index (κ2) is 8.05. The van der Waals surface area contributed by atoms with Crippen molar-refractivity contribution in [3.63, 3.8) is 0 Å². The number of hydrogen-bond donors (Lipinski definition) is 0. The van der Waals surface area contributed by atoms with Gasteiger partial charge in [0.1, 0.15) is 5.78 Å². The molecule has 2 nitrogen and oxygen atoms in total. The van der Waals surface area contributed by atoms with Gasteiger partial charge in [0.2, 0.25) is 0 Å². The highest BCUT2D eigenvalue weighted by Crippen LogP contribution is 2.23. The van der Waals surface area contributed by atoms with Gasteiger partial charge in [0, 0.05) is 24.8 Å². The van der Waals surface area contributed by atoms with E-state index in [2.05, 4.69) is 30.3 Å². The molecule has 0 heterocycles. The molecule has 0 aromatic heterocycles. The lowest BCUT2D eigenvalue weighted by molar-refractivity contribution is -0.119. The van der Waals surface area contributed by atoms with Gasteiger partial charge in [-0.25, -0.2) is 0 Å². The summed E-state index contributed by atoms with van der Waals surface area (Å²) in [4.78, 5) is 24.3. The fraction of sp³-hybridized carbons (Fsp3) is 0.364. The molecule has 0 saturated carbocycles. The number of rotatable bonds is 0. The lowest BCUT2D eigenvalue weighted by Gasteiger charge is -2.09. The van der Waals surface area contributed by atoms with Crippen LogP contribution in [-0.4, -0.2) is 11.6 Å². The highest BCUT2D eigenvalue weighted by atomic mass is 16.1. The minimum atomic E-state index is 0.174. The van der Waals surface area contributed by atoms with Gasteiger partial charge in [-0.2, -0.15) is 0 Å². The van der Waals surface area contributed by atoms with Crippen molar-refractivity contribution in [3.05, 3.63) is 59.7 Å². The van der Waals surface area contributed by atoms with Crippen molar-refractivity contribution in [3.8, 4) is 11.1 Å². The van der Waals surface area contributed by atoms with E-state index in [0.29, 0.717) is 25.0 Å². The Bertz CT molecular complexity index is 730. The van der Waals surface area contributed by atoms with Gasteiger partial charge in [0.05, 0.1) is 0 Å². The van der Waals surface area contributed by atoms with Crippen molar-refractivity contribution < 1.29 is 9.59 Å². The van der Waals surface area contributed by atoms with Crippen LogP contribution in [0.3, 0.4) is 0 Å². The summed E-state index contributed by atoms with van der Waals surface area (Å²) >= 11 is 0. The number of ketones is 2. The van der Waals surface area contributed by atoms with Crippen LogP contribution in [0.15, 0.2) is 48.5 Å². The van der Waals surface area contributed by atoms with Gasteiger partial charge in [0.15, 0.2) is 5.78 Å². The number of aryl methyl sites for hydroxylation is 1. The predicted octanol–water partition coefficient (Wildman–Crippen LogP) is 5.39.